The van der Waals surface area contributed by atoms with Gasteiger partial charge in [-0.25, -0.2) is 13.2 Å². The Morgan fingerprint density at radius 1 is 1.43 bits per heavy atom. The molecule has 1 aromatic carbocycles. The number of aromatic carboxylic acids is 1. The number of rotatable bonds is 6. The molecule has 0 aliphatic carbocycles. The standard InChI is InChI=1S/C12H13ClN4O5S/c1-7-14-16-17(15-7)5-6-22-11-9(23(2,20)21)4-3-8(10(11)13)12(18)19/h3-4H,5-6H2,1-2H3,(H,18,19). The summed E-state index contributed by atoms with van der Waals surface area (Å²) in [6, 6.07) is 2.27. The second-order valence-corrected chi connectivity index (χ2v) is 6.97. The van der Waals surface area contributed by atoms with Crippen molar-refractivity contribution in [2.24, 2.45) is 0 Å². The van der Waals surface area contributed by atoms with Crippen molar-refractivity contribution < 1.29 is 23.1 Å². The van der Waals surface area contributed by atoms with Gasteiger partial charge in [0.05, 0.1) is 17.1 Å². The molecule has 0 spiro atoms. The third kappa shape index (κ3) is 3.96. The number of hydrogen-bond acceptors (Lipinski definition) is 7. The van der Waals surface area contributed by atoms with Crippen molar-refractivity contribution >= 4 is 27.4 Å². The molecule has 11 heteroatoms. The maximum atomic E-state index is 11.8. The Kier molecular flexibility index (Phi) is 4.85. The Morgan fingerprint density at radius 3 is 2.65 bits per heavy atom. The molecule has 0 aliphatic rings. The van der Waals surface area contributed by atoms with Gasteiger partial charge in [-0.1, -0.05) is 11.6 Å². The van der Waals surface area contributed by atoms with Gasteiger partial charge in [0.15, 0.2) is 21.4 Å². The summed E-state index contributed by atoms with van der Waals surface area (Å²) in [7, 11) is -3.64. The summed E-state index contributed by atoms with van der Waals surface area (Å²) < 4.78 is 29.0. The second-order valence-electron chi connectivity index (χ2n) is 4.61. The molecular formula is C12H13ClN4O5S. The molecule has 0 saturated carbocycles. The maximum Gasteiger partial charge on any atom is 0.337 e. The number of carboxylic acids is 1. The molecule has 0 aliphatic heterocycles. The quantitative estimate of drug-likeness (QED) is 0.802. The van der Waals surface area contributed by atoms with E-state index in [1.54, 1.807) is 6.92 Å². The molecule has 0 amide bonds. The Morgan fingerprint density at radius 2 is 2.13 bits per heavy atom. The van der Waals surface area contributed by atoms with E-state index in [-0.39, 0.29) is 34.4 Å². The number of ether oxygens (including phenoxy) is 1. The molecule has 1 heterocycles. The van der Waals surface area contributed by atoms with Crippen molar-refractivity contribution in [3.05, 3.63) is 28.5 Å². The Hall–Kier alpha value is -2.20. The van der Waals surface area contributed by atoms with Gasteiger partial charge in [-0.3, -0.25) is 0 Å². The van der Waals surface area contributed by atoms with Gasteiger partial charge < -0.3 is 9.84 Å². The lowest BCUT2D eigenvalue weighted by Crippen LogP contribution is -2.13. The van der Waals surface area contributed by atoms with Crippen LogP contribution in [0.1, 0.15) is 16.2 Å². The van der Waals surface area contributed by atoms with E-state index in [2.05, 4.69) is 15.4 Å². The van der Waals surface area contributed by atoms with Gasteiger partial charge >= 0.3 is 5.97 Å². The summed E-state index contributed by atoms with van der Waals surface area (Å²) in [5.74, 6) is -1.01. The van der Waals surface area contributed by atoms with Crippen LogP contribution in [0.25, 0.3) is 0 Å². The van der Waals surface area contributed by atoms with Crippen LogP contribution in [0.2, 0.25) is 5.02 Å². The third-order valence-electron chi connectivity index (χ3n) is 2.78. The minimum absolute atomic E-state index is 0.0128. The lowest BCUT2D eigenvalue weighted by atomic mass is 10.2. The van der Waals surface area contributed by atoms with Crippen LogP contribution in [-0.2, 0) is 16.4 Å². The number of sulfone groups is 1. The highest BCUT2D eigenvalue weighted by atomic mass is 35.5. The number of aromatic nitrogens is 4. The Bertz CT molecular complexity index is 849. The number of halogens is 1. The average molecular weight is 361 g/mol. The van der Waals surface area contributed by atoms with E-state index in [9.17, 15) is 13.2 Å². The predicted molar refractivity (Wildman–Crippen MR) is 79.6 cm³/mol. The molecule has 0 fully saturated rings. The molecule has 0 saturated heterocycles. The lowest BCUT2D eigenvalue weighted by Gasteiger charge is -2.13. The average Bonchev–Trinajstić information content (AvgIpc) is 2.84. The van der Waals surface area contributed by atoms with Crippen molar-refractivity contribution in [3.8, 4) is 5.75 Å². The number of carboxylic acid groups (broad SMARTS) is 1. The van der Waals surface area contributed by atoms with Gasteiger partial charge in [-0.05, 0) is 24.3 Å². The van der Waals surface area contributed by atoms with Crippen LogP contribution in [0.5, 0.6) is 5.75 Å². The minimum Gasteiger partial charge on any atom is -0.489 e. The number of benzene rings is 1. The number of carbonyl (C=O) groups is 1. The van der Waals surface area contributed by atoms with E-state index in [0.717, 1.165) is 18.4 Å². The smallest absolute Gasteiger partial charge is 0.337 e. The number of hydrogen-bond donors (Lipinski definition) is 1. The van der Waals surface area contributed by atoms with Gasteiger partial charge in [0, 0.05) is 6.26 Å². The molecule has 1 aromatic heterocycles. The van der Waals surface area contributed by atoms with Crippen molar-refractivity contribution in [1.29, 1.82) is 0 Å². The first-order valence-corrected chi connectivity index (χ1v) is 8.60. The molecule has 2 aromatic rings. The highest BCUT2D eigenvalue weighted by molar-refractivity contribution is 7.90. The Labute approximate surface area is 136 Å². The predicted octanol–water partition coefficient (Wildman–Crippen LogP) is 0.816. The highest BCUT2D eigenvalue weighted by Gasteiger charge is 2.23. The molecular weight excluding hydrogens is 348 g/mol. The van der Waals surface area contributed by atoms with Gasteiger partial charge in [0.2, 0.25) is 0 Å². The van der Waals surface area contributed by atoms with Gasteiger partial charge in [0.1, 0.15) is 11.5 Å². The summed E-state index contributed by atoms with van der Waals surface area (Å²) >= 11 is 5.98. The van der Waals surface area contributed by atoms with Crippen LogP contribution in [0.3, 0.4) is 0 Å². The van der Waals surface area contributed by atoms with Gasteiger partial charge in [-0.15, -0.1) is 10.2 Å². The van der Waals surface area contributed by atoms with E-state index in [1.165, 1.54) is 4.80 Å². The zero-order valence-corrected chi connectivity index (χ0v) is 13.8. The first kappa shape index (κ1) is 17.2. The molecule has 23 heavy (non-hydrogen) atoms. The van der Waals surface area contributed by atoms with Crippen molar-refractivity contribution in [3.63, 3.8) is 0 Å². The second kappa shape index (κ2) is 6.50. The summed E-state index contributed by atoms with van der Waals surface area (Å²) in [6.45, 7) is 1.85. The first-order chi connectivity index (χ1) is 10.7. The maximum absolute atomic E-state index is 11.8. The molecule has 1 N–H and O–H groups in total. The first-order valence-electron chi connectivity index (χ1n) is 6.33. The van der Waals surface area contributed by atoms with Crippen molar-refractivity contribution in [1.82, 2.24) is 20.2 Å². The van der Waals surface area contributed by atoms with Crippen LogP contribution in [0.15, 0.2) is 17.0 Å². The molecule has 9 nitrogen and oxygen atoms in total. The van der Waals surface area contributed by atoms with E-state index >= 15 is 0 Å². The molecule has 0 atom stereocenters. The Balaban J connectivity index is 2.30. The summed E-state index contributed by atoms with van der Waals surface area (Å²) in [6.07, 6.45) is 0.980. The summed E-state index contributed by atoms with van der Waals surface area (Å²) in [4.78, 5) is 12.2. The molecule has 0 radical (unpaired) electrons. The van der Waals surface area contributed by atoms with Gasteiger partial charge in [0.25, 0.3) is 0 Å². The molecule has 0 bridgehead atoms. The lowest BCUT2D eigenvalue weighted by molar-refractivity contribution is 0.0696. The monoisotopic (exact) mass is 360 g/mol. The third-order valence-corrected chi connectivity index (χ3v) is 4.28. The summed E-state index contributed by atoms with van der Waals surface area (Å²) in [5, 5.41) is 20.2. The fourth-order valence-corrected chi connectivity index (χ4v) is 2.95. The zero-order valence-electron chi connectivity index (χ0n) is 12.2. The molecule has 124 valence electrons. The number of nitrogens with zero attached hydrogens (tertiary/aromatic N) is 4. The van der Waals surface area contributed by atoms with Gasteiger partial charge in [-0.2, -0.15) is 4.80 Å². The fourth-order valence-electron chi connectivity index (χ4n) is 1.78. The van der Waals surface area contributed by atoms with E-state index < -0.39 is 15.8 Å². The van der Waals surface area contributed by atoms with Crippen molar-refractivity contribution in [2.45, 2.75) is 18.4 Å². The van der Waals surface area contributed by atoms with Crippen LogP contribution in [0, 0.1) is 6.92 Å². The minimum atomic E-state index is -3.64. The van der Waals surface area contributed by atoms with Crippen LogP contribution in [0.4, 0.5) is 0 Å². The molecule has 2 rings (SSSR count). The number of tetrazole rings is 1. The largest absolute Gasteiger partial charge is 0.489 e. The number of aryl methyl sites for hydroxylation is 1. The SMILES string of the molecule is Cc1nnn(CCOc2c(S(C)(=O)=O)ccc(C(=O)O)c2Cl)n1. The highest BCUT2D eigenvalue weighted by Crippen LogP contribution is 2.35. The van der Waals surface area contributed by atoms with E-state index in [4.69, 9.17) is 21.4 Å². The summed E-state index contributed by atoms with van der Waals surface area (Å²) in [5.41, 5.74) is -0.246. The normalized spacial score (nSPS) is 11.4. The zero-order chi connectivity index (χ0) is 17.2. The van der Waals surface area contributed by atoms with Crippen LogP contribution in [-0.4, -0.2) is 52.6 Å². The fraction of sp³-hybridized carbons (Fsp3) is 0.333. The van der Waals surface area contributed by atoms with Crippen LogP contribution >= 0.6 is 11.6 Å². The van der Waals surface area contributed by atoms with Crippen LogP contribution < -0.4 is 4.74 Å². The van der Waals surface area contributed by atoms with E-state index in [1.807, 2.05) is 0 Å². The molecule has 0 unspecified atom stereocenters. The topological polar surface area (TPSA) is 124 Å². The van der Waals surface area contributed by atoms with E-state index in [0.29, 0.717) is 5.82 Å². The van der Waals surface area contributed by atoms with Crippen molar-refractivity contribution in [2.75, 3.05) is 12.9 Å².